The lowest BCUT2D eigenvalue weighted by molar-refractivity contribution is -0.0672. The van der Waals surface area contributed by atoms with Crippen molar-refractivity contribution in [2.24, 2.45) is 5.41 Å². The molecule has 0 fully saturated rings. The van der Waals surface area contributed by atoms with E-state index in [9.17, 15) is 8.42 Å². The lowest BCUT2D eigenvalue weighted by Gasteiger charge is -2.39. The molecule has 1 aliphatic carbocycles. The molecule has 0 heterocycles. The van der Waals surface area contributed by atoms with Crippen LogP contribution >= 0.6 is 0 Å². The Hall–Kier alpha value is -1.73. The Labute approximate surface area is 213 Å². The summed E-state index contributed by atoms with van der Waals surface area (Å²) >= 11 is 0. The number of ether oxygens (including phenoxy) is 3. The first-order valence-corrected chi connectivity index (χ1v) is 13.9. The second kappa shape index (κ2) is 13.0. The quantitative estimate of drug-likeness (QED) is 0.235. The molecule has 1 aromatic rings. The van der Waals surface area contributed by atoms with E-state index in [0.717, 1.165) is 36.0 Å². The summed E-state index contributed by atoms with van der Waals surface area (Å²) < 4.78 is 44.3. The van der Waals surface area contributed by atoms with Gasteiger partial charge in [-0.1, -0.05) is 54.8 Å². The zero-order valence-corrected chi connectivity index (χ0v) is 23.6. The number of benzene rings is 1. The highest BCUT2D eigenvalue weighted by molar-refractivity contribution is 7.92. The maximum atomic E-state index is 14.0. The van der Waals surface area contributed by atoms with Crippen molar-refractivity contribution in [3.63, 3.8) is 0 Å². The van der Waals surface area contributed by atoms with Gasteiger partial charge in [0.25, 0.3) is 0 Å². The van der Waals surface area contributed by atoms with Crippen molar-refractivity contribution in [3.05, 3.63) is 64.8 Å². The number of hydrogen-bond acceptors (Lipinski definition) is 5. The molecule has 2 rings (SSSR count). The highest BCUT2D eigenvalue weighted by Crippen LogP contribution is 2.46. The van der Waals surface area contributed by atoms with Crippen molar-refractivity contribution in [1.29, 1.82) is 0 Å². The SMILES string of the molecule is COC(/C=C(\C)CC(C1=C(C)CCCC1(C)C)S(=O)(=O)c1ccccc1)C/C(C)=C/C(OC)OC. The average molecular weight is 505 g/mol. The molecule has 0 aliphatic heterocycles. The lowest BCUT2D eigenvalue weighted by atomic mass is 9.70. The first-order chi connectivity index (χ1) is 16.5. The van der Waals surface area contributed by atoms with Crippen molar-refractivity contribution in [1.82, 2.24) is 0 Å². The van der Waals surface area contributed by atoms with Crippen LogP contribution in [-0.4, -0.2) is 47.4 Å². The summed E-state index contributed by atoms with van der Waals surface area (Å²) in [5, 5.41) is -0.600. The summed E-state index contributed by atoms with van der Waals surface area (Å²) in [6, 6.07) is 8.86. The summed E-state index contributed by atoms with van der Waals surface area (Å²) in [5.41, 5.74) is 4.21. The van der Waals surface area contributed by atoms with E-state index in [1.54, 1.807) is 45.6 Å². The summed E-state index contributed by atoms with van der Waals surface area (Å²) in [6.07, 6.45) is 7.56. The molecule has 6 heteroatoms. The fourth-order valence-corrected chi connectivity index (χ4v) is 7.41. The standard InChI is InChI=1S/C29H44O5S/c1-21(17-24(32-6)18-22(2)20-27(33-7)34-8)19-26(28-23(3)13-12-16-29(28,4)5)35(30,31)25-14-10-9-11-15-25/h9-11,14-15,17,20,24,26-27H,12-13,16,18-19H2,1-8H3/b21-17+,22-20+. The largest absolute Gasteiger partial charge is 0.377 e. The third-order valence-electron chi connectivity index (χ3n) is 7.00. The minimum atomic E-state index is -3.57. The van der Waals surface area contributed by atoms with E-state index in [0.29, 0.717) is 17.7 Å². The fraction of sp³-hybridized carbons (Fsp3) is 0.586. The van der Waals surface area contributed by atoms with Crippen LogP contribution in [0.4, 0.5) is 0 Å². The number of sulfone groups is 1. The molecule has 0 bridgehead atoms. The zero-order chi connectivity index (χ0) is 26.2. The van der Waals surface area contributed by atoms with Gasteiger partial charge >= 0.3 is 0 Å². The van der Waals surface area contributed by atoms with Gasteiger partial charge in [-0.2, -0.15) is 0 Å². The van der Waals surface area contributed by atoms with Crippen molar-refractivity contribution in [2.45, 2.75) is 89.3 Å². The van der Waals surface area contributed by atoms with Gasteiger partial charge in [0.05, 0.1) is 16.2 Å². The van der Waals surface area contributed by atoms with E-state index in [-0.39, 0.29) is 11.5 Å². The van der Waals surface area contributed by atoms with E-state index >= 15 is 0 Å². The molecule has 2 atom stereocenters. The van der Waals surface area contributed by atoms with Crippen LogP contribution < -0.4 is 0 Å². The summed E-state index contributed by atoms with van der Waals surface area (Å²) in [6.45, 7) is 10.5. The van der Waals surface area contributed by atoms with Gasteiger partial charge in [0.2, 0.25) is 0 Å². The Bertz CT molecular complexity index is 1010. The molecule has 196 valence electrons. The van der Waals surface area contributed by atoms with E-state index < -0.39 is 21.4 Å². The summed E-state index contributed by atoms with van der Waals surface area (Å²) in [7, 11) is 1.32. The van der Waals surface area contributed by atoms with Crippen LogP contribution in [0.3, 0.4) is 0 Å². The van der Waals surface area contributed by atoms with Crippen LogP contribution in [0, 0.1) is 5.41 Å². The highest BCUT2D eigenvalue weighted by Gasteiger charge is 2.40. The highest BCUT2D eigenvalue weighted by atomic mass is 32.2. The smallest absolute Gasteiger partial charge is 0.185 e. The van der Waals surface area contributed by atoms with Gasteiger partial charge in [-0.25, -0.2) is 8.42 Å². The van der Waals surface area contributed by atoms with Crippen molar-refractivity contribution in [3.8, 4) is 0 Å². The van der Waals surface area contributed by atoms with E-state index in [1.807, 2.05) is 26.0 Å². The van der Waals surface area contributed by atoms with Crippen LogP contribution in [-0.2, 0) is 24.0 Å². The lowest BCUT2D eigenvalue weighted by Crippen LogP contribution is -2.35. The second-order valence-corrected chi connectivity index (χ2v) is 12.5. The first-order valence-electron chi connectivity index (χ1n) is 12.4. The van der Waals surface area contributed by atoms with Crippen molar-refractivity contribution >= 4 is 9.84 Å². The first kappa shape index (κ1) is 29.5. The molecule has 0 aromatic heterocycles. The Kier molecular flexibility index (Phi) is 11.0. The molecule has 0 radical (unpaired) electrons. The van der Waals surface area contributed by atoms with E-state index in [1.165, 1.54) is 5.57 Å². The number of methoxy groups -OCH3 is 3. The van der Waals surface area contributed by atoms with Gasteiger partial charge in [0, 0.05) is 21.3 Å². The maximum Gasteiger partial charge on any atom is 0.185 e. The number of hydrogen-bond donors (Lipinski definition) is 0. The average Bonchev–Trinajstić information content (AvgIpc) is 2.81. The van der Waals surface area contributed by atoms with Gasteiger partial charge in [0.1, 0.15) is 0 Å². The summed E-state index contributed by atoms with van der Waals surface area (Å²) in [4.78, 5) is 0.381. The number of rotatable bonds is 12. The third-order valence-corrected chi connectivity index (χ3v) is 9.08. The molecule has 2 unspecified atom stereocenters. The monoisotopic (exact) mass is 504 g/mol. The van der Waals surface area contributed by atoms with Crippen molar-refractivity contribution in [2.75, 3.05) is 21.3 Å². The van der Waals surface area contributed by atoms with Crippen LogP contribution in [0.2, 0.25) is 0 Å². The topological polar surface area (TPSA) is 61.8 Å². The predicted molar refractivity (Wildman–Crippen MR) is 143 cm³/mol. The molecule has 0 N–H and O–H groups in total. The van der Waals surface area contributed by atoms with Crippen LogP contribution in [0.5, 0.6) is 0 Å². The van der Waals surface area contributed by atoms with Gasteiger partial charge in [0.15, 0.2) is 16.1 Å². The van der Waals surface area contributed by atoms with Gasteiger partial charge < -0.3 is 14.2 Å². The van der Waals surface area contributed by atoms with Crippen LogP contribution in [0.25, 0.3) is 0 Å². The predicted octanol–water partition coefficient (Wildman–Crippen LogP) is 6.66. The molecule has 0 saturated heterocycles. The van der Waals surface area contributed by atoms with Gasteiger partial charge in [-0.15, -0.1) is 0 Å². The molecular formula is C29H44O5S. The van der Waals surface area contributed by atoms with Crippen LogP contribution in [0.15, 0.2) is 69.7 Å². The van der Waals surface area contributed by atoms with Crippen LogP contribution in [0.1, 0.15) is 66.7 Å². The molecule has 35 heavy (non-hydrogen) atoms. The molecule has 0 saturated carbocycles. The number of allylic oxidation sites excluding steroid dienone is 2. The normalized spacial score (nSPS) is 19.2. The molecule has 0 amide bonds. The summed E-state index contributed by atoms with van der Waals surface area (Å²) in [5.74, 6) is 0. The molecule has 5 nitrogen and oxygen atoms in total. The van der Waals surface area contributed by atoms with Gasteiger partial charge in [-0.05, 0) is 82.1 Å². The minimum absolute atomic E-state index is 0.162. The Morgan fingerprint density at radius 3 is 2.11 bits per heavy atom. The van der Waals surface area contributed by atoms with E-state index in [2.05, 4.69) is 26.8 Å². The second-order valence-electron chi connectivity index (χ2n) is 10.3. The Morgan fingerprint density at radius 2 is 1.57 bits per heavy atom. The van der Waals surface area contributed by atoms with E-state index in [4.69, 9.17) is 14.2 Å². The third kappa shape index (κ3) is 7.88. The van der Waals surface area contributed by atoms with Gasteiger partial charge in [-0.3, -0.25) is 0 Å². The Balaban J connectivity index is 2.44. The molecule has 1 aromatic carbocycles. The molecular weight excluding hydrogens is 460 g/mol. The minimum Gasteiger partial charge on any atom is -0.377 e. The fourth-order valence-electron chi connectivity index (χ4n) is 5.23. The molecule has 0 spiro atoms. The molecule has 1 aliphatic rings. The maximum absolute atomic E-state index is 14.0. The Morgan fingerprint density at radius 1 is 0.971 bits per heavy atom. The zero-order valence-electron chi connectivity index (χ0n) is 22.8. The van der Waals surface area contributed by atoms with Crippen molar-refractivity contribution < 1.29 is 22.6 Å².